The van der Waals surface area contributed by atoms with Crippen LogP contribution in [-0.2, 0) is 105 Å². The van der Waals surface area contributed by atoms with Crippen LogP contribution in [0.3, 0.4) is 0 Å². The average molecular weight is 1660 g/mol. The van der Waals surface area contributed by atoms with Crippen molar-refractivity contribution in [3.63, 3.8) is 0 Å². The molecule has 4 bridgehead atoms. The summed E-state index contributed by atoms with van der Waals surface area (Å²) in [5.74, 6) is -1.46. The van der Waals surface area contributed by atoms with Gasteiger partial charge in [-0.15, -0.1) is 0 Å². The van der Waals surface area contributed by atoms with E-state index < -0.39 is 52.8 Å². The number of alkyl carbamates (subject to hydrolysis) is 1. The number of hydrogen-bond donors (Lipinski definition) is 5. The number of thiazole rings is 1. The average Bonchev–Trinajstić information content (AvgIpc) is 1.00. The first-order valence-electron chi connectivity index (χ1n) is 41.3. The van der Waals surface area contributed by atoms with E-state index in [2.05, 4.69) is 61.1 Å². The minimum absolute atomic E-state index is 0.000165. The molecule has 5 amide bonds. The van der Waals surface area contributed by atoms with Crippen molar-refractivity contribution in [3.05, 3.63) is 88.9 Å². The van der Waals surface area contributed by atoms with Gasteiger partial charge in [0.25, 0.3) is 5.91 Å². The van der Waals surface area contributed by atoms with Crippen LogP contribution < -0.4 is 31.5 Å². The van der Waals surface area contributed by atoms with Crippen molar-refractivity contribution in [1.82, 2.24) is 41.0 Å². The number of nitrogens with one attached hydrogen (secondary N) is 5. The Bertz CT molecular complexity index is 3890. The number of amides is 5. The van der Waals surface area contributed by atoms with Gasteiger partial charge in [-0.2, -0.15) is 5.10 Å². The summed E-state index contributed by atoms with van der Waals surface area (Å²) >= 11 is 1.43. The molecule has 4 fully saturated rings. The first kappa shape index (κ1) is 93.5. The molecule has 117 heavy (non-hydrogen) atoms. The van der Waals surface area contributed by atoms with Gasteiger partial charge in [-0.25, -0.2) is 19.6 Å². The van der Waals surface area contributed by atoms with Crippen LogP contribution in [0.5, 0.6) is 0 Å². The third-order valence-electron chi connectivity index (χ3n) is 20.6. The van der Waals surface area contributed by atoms with Crippen molar-refractivity contribution in [2.45, 2.75) is 175 Å². The first-order valence-corrected chi connectivity index (χ1v) is 42.1. The summed E-state index contributed by atoms with van der Waals surface area (Å²) in [6.07, 6.45) is 8.54. The number of para-hydroxylation sites is 1. The lowest BCUT2D eigenvalue weighted by Gasteiger charge is -2.69. The number of fused-ring (bicyclic) bond motifs is 2. The Labute approximate surface area is 692 Å². The number of rotatable bonds is 55. The van der Waals surface area contributed by atoms with E-state index in [1.807, 2.05) is 82.4 Å². The molecular weight excluding hydrogens is 1530 g/mol. The summed E-state index contributed by atoms with van der Waals surface area (Å²) in [4.78, 5) is 93.4. The van der Waals surface area contributed by atoms with Crippen molar-refractivity contribution in [2.24, 2.45) is 16.2 Å². The molecule has 4 heterocycles. The quantitative estimate of drug-likeness (QED) is 0.0179. The molecular formula is C85H128N10O21S. The van der Waals surface area contributed by atoms with E-state index in [1.165, 1.54) is 11.3 Å². The smallest absolute Gasteiger partial charge is 0.408 e. The highest BCUT2D eigenvalue weighted by molar-refractivity contribution is 7.22. The molecule has 3 aromatic heterocycles. The zero-order chi connectivity index (χ0) is 83.7. The third kappa shape index (κ3) is 31.0. The Morgan fingerprint density at radius 2 is 1.14 bits per heavy atom. The number of anilines is 2. The van der Waals surface area contributed by atoms with E-state index >= 15 is 0 Å². The maximum absolute atomic E-state index is 14.4. The van der Waals surface area contributed by atoms with Crippen LogP contribution in [0.25, 0.3) is 21.3 Å². The number of pyridine rings is 1. The third-order valence-corrected chi connectivity index (χ3v) is 21.5. The van der Waals surface area contributed by atoms with Gasteiger partial charge in [-0.1, -0.05) is 49.4 Å². The summed E-state index contributed by atoms with van der Waals surface area (Å²) in [7, 11) is 1.64. The van der Waals surface area contributed by atoms with Crippen molar-refractivity contribution in [2.75, 3.05) is 196 Å². The van der Waals surface area contributed by atoms with Gasteiger partial charge >= 0.3 is 12.1 Å². The highest BCUT2D eigenvalue weighted by atomic mass is 32.1. The molecule has 2 aromatic carbocycles. The molecule has 31 nitrogen and oxygen atoms in total. The summed E-state index contributed by atoms with van der Waals surface area (Å²) in [5, 5.41) is 19.9. The summed E-state index contributed by atoms with van der Waals surface area (Å²) in [5.41, 5.74) is 3.60. The Balaban J connectivity index is 0.636. The lowest BCUT2D eigenvalue weighted by molar-refractivity contribution is -0.247. The predicted molar refractivity (Wildman–Crippen MR) is 441 cm³/mol. The predicted octanol–water partition coefficient (Wildman–Crippen LogP) is 9.40. The molecule has 5 N–H and O–H groups in total. The normalized spacial score (nSPS) is 19.5. The van der Waals surface area contributed by atoms with E-state index in [0.717, 1.165) is 71.1 Å². The zero-order valence-corrected chi connectivity index (χ0v) is 71.5. The lowest BCUT2D eigenvalue weighted by Crippen LogP contribution is -2.64. The Morgan fingerprint density at radius 3 is 1.70 bits per heavy atom. The van der Waals surface area contributed by atoms with Gasteiger partial charge in [0, 0.05) is 62.2 Å². The molecule has 0 radical (unpaired) electrons. The van der Waals surface area contributed by atoms with Gasteiger partial charge in [-0.05, 0) is 177 Å². The fourth-order valence-corrected chi connectivity index (χ4v) is 17.6. The second-order valence-corrected chi connectivity index (χ2v) is 34.4. The fraction of sp³-hybridized carbons (Fsp3) is 0.682. The number of esters is 1. The standard InChI is InChI=1S/C85H128N10O21S/c1-61(89-76(99)69(91-79(101)116-81(6,7)8)20-14-15-25-86-72(96)53-113-50-49-112-48-47-111-46-45-110-44-43-109-42-41-108-40-39-107-38-37-106-36-35-105-34-33-104-32-31-103-30-29-102-11)74(97)87-26-28-114-85-57-82(9)54-83(10,58-85)56-84(55-82,59-85)60-95-62(2)66(51-88-95)64-22-23-71(92-73(64)77(100)115-80(3,4)5)94-27-24-63-17-16-18-65(67(63)52-94)75(98)93-78-90-68-19-12-13-21-70(68)117-78/h12-13,16-19,21-23,51,61,69H,14-15,20,24-50,52-60H2,1-11H3,(H,86,96)(H,87,97)(H,89,99)(H,91,101)(H,90,93,98)/t61-,69-,82?,83?,84?,85?/m0/s1. The van der Waals surface area contributed by atoms with Crippen LogP contribution in [0, 0.1) is 23.2 Å². The second kappa shape index (κ2) is 46.4. The van der Waals surface area contributed by atoms with Crippen molar-refractivity contribution < 1.29 is 99.8 Å². The number of unbranched alkanes of at least 4 members (excludes halogenated alkanes) is 1. The van der Waals surface area contributed by atoms with Crippen molar-refractivity contribution in [3.8, 4) is 11.1 Å². The Kier molecular flexibility index (Phi) is 37.1. The molecule has 1 aliphatic heterocycles. The van der Waals surface area contributed by atoms with Gasteiger partial charge in [0.2, 0.25) is 17.7 Å². The van der Waals surface area contributed by atoms with Crippen LogP contribution in [-0.4, -0.2) is 270 Å². The maximum Gasteiger partial charge on any atom is 0.408 e. The molecule has 4 saturated carbocycles. The summed E-state index contributed by atoms with van der Waals surface area (Å²) in [6.45, 7) is 31.2. The number of nitrogens with zero attached hydrogens (tertiary/aromatic N) is 5. The van der Waals surface area contributed by atoms with Crippen LogP contribution in [0.1, 0.15) is 158 Å². The molecule has 0 saturated heterocycles. The molecule has 650 valence electrons. The van der Waals surface area contributed by atoms with E-state index in [9.17, 15) is 28.8 Å². The Hall–Kier alpha value is -7.41. The summed E-state index contributed by atoms with van der Waals surface area (Å²) < 4.78 is 87.1. The molecule has 0 spiro atoms. The SMILES string of the molecule is COCCOCCOCCOCCOCCOCCOCCOCCOCCOCCOCCOCC(=O)NCCCC[C@H](NC(=O)OC(C)(C)C)C(=O)N[C@@H](C)C(=O)NCCOC12CC3(C)CC(C)(CC(Cn4ncc(-c5ccc(N6CCc7cccc(C(=O)Nc8nc9ccccc9s8)c7C6)nc5C(=O)OC(C)(C)C)c4C)(C3)C1)C2. The van der Waals surface area contributed by atoms with E-state index in [4.69, 9.17) is 81.1 Å². The first-order chi connectivity index (χ1) is 56.1. The van der Waals surface area contributed by atoms with E-state index in [1.54, 1.807) is 34.8 Å². The maximum atomic E-state index is 14.4. The van der Waals surface area contributed by atoms with Crippen molar-refractivity contribution >= 4 is 68.2 Å². The summed E-state index contributed by atoms with van der Waals surface area (Å²) in [6, 6.07) is 15.5. The minimum atomic E-state index is -1.03. The largest absolute Gasteiger partial charge is 0.455 e. The van der Waals surface area contributed by atoms with Gasteiger partial charge in [-0.3, -0.25) is 29.2 Å². The van der Waals surface area contributed by atoms with E-state index in [-0.39, 0.29) is 73.1 Å². The molecule has 4 aliphatic carbocycles. The number of methoxy groups -OCH3 is 1. The van der Waals surface area contributed by atoms with Crippen LogP contribution >= 0.6 is 11.3 Å². The van der Waals surface area contributed by atoms with Crippen molar-refractivity contribution in [1.29, 1.82) is 0 Å². The van der Waals surface area contributed by atoms with Gasteiger partial charge in [0.1, 0.15) is 35.7 Å². The van der Waals surface area contributed by atoms with Crippen LogP contribution in [0.15, 0.2) is 60.8 Å². The topological polar surface area (TPSA) is 348 Å². The lowest BCUT2D eigenvalue weighted by atomic mass is 9.39. The minimum Gasteiger partial charge on any atom is -0.455 e. The van der Waals surface area contributed by atoms with E-state index in [0.29, 0.717) is 200 Å². The van der Waals surface area contributed by atoms with Crippen LogP contribution in [0.4, 0.5) is 15.7 Å². The van der Waals surface area contributed by atoms with Crippen LogP contribution in [0.2, 0.25) is 0 Å². The number of aromatic nitrogens is 4. The molecule has 4 atom stereocenters. The molecule has 2 unspecified atom stereocenters. The molecule has 10 rings (SSSR count). The second-order valence-electron chi connectivity index (χ2n) is 33.4. The van der Waals surface area contributed by atoms with Gasteiger partial charge in [0.05, 0.1) is 174 Å². The van der Waals surface area contributed by atoms with Gasteiger partial charge in [0.15, 0.2) is 10.8 Å². The number of benzene rings is 2. The highest BCUT2D eigenvalue weighted by Gasteiger charge is 2.66. The molecule has 5 aliphatic rings. The fourth-order valence-electron chi connectivity index (χ4n) is 16.7. The number of carbonyl (C=O) groups is 6. The van der Waals surface area contributed by atoms with Gasteiger partial charge < -0.3 is 97.2 Å². The molecule has 5 aromatic rings. The highest BCUT2D eigenvalue weighted by Crippen LogP contribution is 2.72. The number of hydrogen-bond acceptors (Lipinski definition) is 26. The zero-order valence-electron chi connectivity index (χ0n) is 70.7. The molecule has 32 heteroatoms. The Morgan fingerprint density at radius 1 is 0.573 bits per heavy atom. The number of ether oxygens (including phenoxy) is 15. The monoisotopic (exact) mass is 1660 g/mol. The number of carbonyl (C=O) groups excluding carboxylic acids is 6.